The second-order valence-electron chi connectivity index (χ2n) is 6.14. The summed E-state index contributed by atoms with van der Waals surface area (Å²) in [6.45, 7) is 3.43. The van der Waals surface area contributed by atoms with Gasteiger partial charge in [0.05, 0.1) is 24.3 Å². The zero-order valence-electron chi connectivity index (χ0n) is 15.4. The molecule has 0 aliphatic heterocycles. The van der Waals surface area contributed by atoms with Gasteiger partial charge in [-0.05, 0) is 51.7 Å². The van der Waals surface area contributed by atoms with E-state index in [1.165, 1.54) is 26.0 Å². The molecular weight excluding hydrogens is 336 g/mol. The minimum absolute atomic E-state index is 0.104. The Hall–Kier alpha value is -2.50. The number of rotatable bonds is 12. The number of hydrogen-bond acceptors (Lipinski definition) is 6. The molecule has 0 aromatic heterocycles. The standard InChI is InChI=1S/C20H26O6/c1-15(21)9-5-7-13-25-19(23)17-11-3-4-12-18(17)20(24)26-14-8-6-10-16(2)22/h3-4,11-12H,5-10,13-14H2,1-2H3. The van der Waals surface area contributed by atoms with Crippen LogP contribution in [0.4, 0.5) is 0 Å². The molecule has 0 atom stereocenters. The molecule has 0 N–H and O–H groups in total. The van der Waals surface area contributed by atoms with Crippen LogP contribution < -0.4 is 0 Å². The number of benzene rings is 1. The Morgan fingerprint density at radius 2 is 1.08 bits per heavy atom. The largest absolute Gasteiger partial charge is 0.462 e. The first-order valence-corrected chi connectivity index (χ1v) is 8.84. The van der Waals surface area contributed by atoms with E-state index in [0.717, 1.165) is 0 Å². The second kappa shape index (κ2) is 12.0. The van der Waals surface area contributed by atoms with Gasteiger partial charge in [-0.15, -0.1) is 0 Å². The quantitative estimate of drug-likeness (QED) is 0.418. The van der Waals surface area contributed by atoms with E-state index < -0.39 is 11.9 Å². The number of esters is 2. The first-order chi connectivity index (χ1) is 12.4. The molecule has 0 saturated carbocycles. The van der Waals surface area contributed by atoms with Crippen molar-refractivity contribution >= 4 is 23.5 Å². The Morgan fingerprint density at radius 3 is 1.42 bits per heavy atom. The van der Waals surface area contributed by atoms with Crippen LogP contribution in [0.3, 0.4) is 0 Å². The Bertz CT molecular complexity index is 580. The van der Waals surface area contributed by atoms with Crippen molar-refractivity contribution in [1.82, 2.24) is 0 Å². The highest BCUT2D eigenvalue weighted by molar-refractivity contribution is 6.03. The summed E-state index contributed by atoms with van der Waals surface area (Å²) in [5.74, 6) is -0.964. The smallest absolute Gasteiger partial charge is 0.339 e. The molecule has 1 rings (SSSR count). The molecule has 0 spiro atoms. The summed E-state index contributed by atoms with van der Waals surface area (Å²) in [5, 5.41) is 0. The van der Waals surface area contributed by atoms with Crippen molar-refractivity contribution in [2.75, 3.05) is 13.2 Å². The van der Waals surface area contributed by atoms with Crippen molar-refractivity contribution in [3.05, 3.63) is 35.4 Å². The average molecular weight is 362 g/mol. The highest BCUT2D eigenvalue weighted by Gasteiger charge is 2.18. The number of ether oxygens (including phenoxy) is 2. The van der Waals surface area contributed by atoms with Crippen molar-refractivity contribution in [3.63, 3.8) is 0 Å². The molecule has 26 heavy (non-hydrogen) atoms. The molecule has 0 fully saturated rings. The van der Waals surface area contributed by atoms with Crippen molar-refractivity contribution < 1.29 is 28.7 Å². The third-order valence-corrected chi connectivity index (χ3v) is 3.68. The SMILES string of the molecule is CC(=O)CCCCOC(=O)c1ccccc1C(=O)OCCCCC(C)=O. The molecule has 0 radical (unpaired) electrons. The van der Waals surface area contributed by atoms with Gasteiger partial charge in [-0.1, -0.05) is 12.1 Å². The topological polar surface area (TPSA) is 86.7 Å². The Balaban J connectivity index is 2.49. The lowest BCUT2D eigenvalue weighted by Crippen LogP contribution is -2.15. The van der Waals surface area contributed by atoms with Crippen molar-refractivity contribution in [2.24, 2.45) is 0 Å². The lowest BCUT2D eigenvalue weighted by atomic mass is 10.1. The van der Waals surface area contributed by atoms with E-state index >= 15 is 0 Å². The molecule has 142 valence electrons. The van der Waals surface area contributed by atoms with E-state index in [1.54, 1.807) is 12.1 Å². The van der Waals surface area contributed by atoms with E-state index in [0.29, 0.717) is 38.5 Å². The fourth-order valence-corrected chi connectivity index (χ4v) is 2.28. The van der Waals surface area contributed by atoms with Gasteiger partial charge in [-0.3, -0.25) is 0 Å². The molecule has 0 saturated heterocycles. The molecule has 1 aromatic rings. The minimum atomic E-state index is -0.586. The van der Waals surface area contributed by atoms with E-state index in [-0.39, 0.29) is 35.9 Å². The van der Waals surface area contributed by atoms with Crippen LogP contribution in [0.5, 0.6) is 0 Å². The van der Waals surface area contributed by atoms with Crippen molar-refractivity contribution in [3.8, 4) is 0 Å². The Morgan fingerprint density at radius 1 is 0.692 bits per heavy atom. The normalized spacial score (nSPS) is 10.2. The maximum Gasteiger partial charge on any atom is 0.339 e. The molecule has 0 bridgehead atoms. The Kier molecular flexibility index (Phi) is 9.90. The first kappa shape index (κ1) is 21.5. The van der Waals surface area contributed by atoms with Gasteiger partial charge < -0.3 is 19.1 Å². The third-order valence-electron chi connectivity index (χ3n) is 3.68. The van der Waals surface area contributed by atoms with Crippen LogP contribution >= 0.6 is 0 Å². The summed E-state index contributed by atoms with van der Waals surface area (Å²) in [5.41, 5.74) is 0.320. The Labute approximate surface area is 153 Å². The molecule has 0 aliphatic carbocycles. The van der Waals surface area contributed by atoms with Crippen LogP contribution in [0, 0.1) is 0 Å². The number of carbonyl (C=O) groups is 4. The highest BCUT2D eigenvalue weighted by Crippen LogP contribution is 2.13. The molecular formula is C20H26O6. The highest BCUT2D eigenvalue weighted by atomic mass is 16.5. The minimum Gasteiger partial charge on any atom is -0.462 e. The summed E-state index contributed by atoms with van der Waals surface area (Å²) in [6.07, 6.45) is 3.43. The number of unbranched alkanes of at least 4 members (excludes halogenated alkanes) is 2. The summed E-state index contributed by atoms with van der Waals surface area (Å²) in [4.78, 5) is 46.1. The second-order valence-corrected chi connectivity index (χ2v) is 6.14. The number of hydrogen-bond donors (Lipinski definition) is 0. The fraction of sp³-hybridized carbons (Fsp3) is 0.500. The summed E-state index contributed by atoms with van der Waals surface area (Å²) in [6, 6.07) is 6.33. The van der Waals surface area contributed by atoms with Gasteiger partial charge in [-0.2, -0.15) is 0 Å². The lowest BCUT2D eigenvalue weighted by molar-refractivity contribution is -0.118. The average Bonchev–Trinajstić information content (AvgIpc) is 2.60. The number of Topliss-reactive ketones (excluding diaryl/α,β-unsaturated/α-hetero) is 2. The van der Waals surface area contributed by atoms with Crippen molar-refractivity contribution in [2.45, 2.75) is 52.4 Å². The number of carbonyl (C=O) groups excluding carboxylic acids is 4. The van der Waals surface area contributed by atoms with Crippen LogP contribution in [0.15, 0.2) is 24.3 Å². The molecule has 6 nitrogen and oxygen atoms in total. The predicted molar refractivity (Wildman–Crippen MR) is 96.1 cm³/mol. The molecule has 6 heteroatoms. The molecule has 0 aliphatic rings. The van der Waals surface area contributed by atoms with E-state index in [2.05, 4.69) is 0 Å². The zero-order chi connectivity index (χ0) is 19.4. The maximum atomic E-state index is 12.2. The summed E-state index contributed by atoms with van der Waals surface area (Å²) in [7, 11) is 0. The molecule has 0 unspecified atom stereocenters. The summed E-state index contributed by atoms with van der Waals surface area (Å²) >= 11 is 0. The van der Waals surface area contributed by atoms with Gasteiger partial charge in [-0.25, -0.2) is 9.59 Å². The van der Waals surface area contributed by atoms with Crippen LogP contribution in [0.25, 0.3) is 0 Å². The van der Waals surface area contributed by atoms with Gasteiger partial charge >= 0.3 is 11.9 Å². The van der Waals surface area contributed by atoms with Crippen LogP contribution in [0.2, 0.25) is 0 Å². The third kappa shape index (κ3) is 8.55. The monoisotopic (exact) mass is 362 g/mol. The van der Waals surface area contributed by atoms with Gasteiger partial charge in [0, 0.05) is 12.8 Å². The van der Waals surface area contributed by atoms with Gasteiger partial charge in [0.15, 0.2) is 0 Å². The summed E-state index contributed by atoms with van der Waals surface area (Å²) < 4.78 is 10.3. The van der Waals surface area contributed by atoms with Gasteiger partial charge in [0.2, 0.25) is 0 Å². The number of ketones is 2. The van der Waals surface area contributed by atoms with Gasteiger partial charge in [0.1, 0.15) is 11.6 Å². The van der Waals surface area contributed by atoms with Crippen LogP contribution in [-0.4, -0.2) is 36.7 Å². The predicted octanol–water partition coefficient (Wildman–Crippen LogP) is 3.52. The van der Waals surface area contributed by atoms with Gasteiger partial charge in [0.25, 0.3) is 0 Å². The molecule has 1 aromatic carbocycles. The van der Waals surface area contributed by atoms with E-state index in [9.17, 15) is 19.2 Å². The molecule has 0 amide bonds. The maximum absolute atomic E-state index is 12.2. The lowest BCUT2D eigenvalue weighted by Gasteiger charge is -2.09. The fourth-order valence-electron chi connectivity index (χ4n) is 2.28. The van der Waals surface area contributed by atoms with E-state index in [1.807, 2.05) is 0 Å². The van der Waals surface area contributed by atoms with Crippen LogP contribution in [-0.2, 0) is 19.1 Å². The van der Waals surface area contributed by atoms with Crippen molar-refractivity contribution in [1.29, 1.82) is 0 Å². The van der Waals surface area contributed by atoms with E-state index in [4.69, 9.17) is 9.47 Å². The van der Waals surface area contributed by atoms with Crippen LogP contribution in [0.1, 0.15) is 73.1 Å². The molecule has 0 heterocycles. The zero-order valence-corrected chi connectivity index (χ0v) is 15.4. The first-order valence-electron chi connectivity index (χ1n) is 8.84.